The number of hydrogen-bond donors (Lipinski definition) is 1. The number of morpholine rings is 1. The van der Waals surface area contributed by atoms with Crippen LogP contribution in [-0.4, -0.2) is 48.5 Å². The van der Waals surface area contributed by atoms with Gasteiger partial charge in [-0.25, -0.2) is 0 Å². The summed E-state index contributed by atoms with van der Waals surface area (Å²) in [5.74, 6) is 0. The van der Waals surface area contributed by atoms with Crippen LogP contribution in [0.1, 0.15) is 34.1 Å². The summed E-state index contributed by atoms with van der Waals surface area (Å²) in [6, 6.07) is 0. The first-order chi connectivity index (χ1) is 6.93. The van der Waals surface area contributed by atoms with Crippen LogP contribution in [0.25, 0.3) is 0 Å². The van der Waals surface area contributed by atoms with Gasteiger partial charge in [-0.1, -0.05) is 27.7 Å². The number of rotatable bonds is 3. The van der Waals surface area contributed by atoms with Crippen molar-refractivity contribution in [2.75, 3.05) is 26.2 Å². The molecule has 3 nitrogen and oxygen atoms in total. The third-order valence-corrected chi connectivity index (χ3v) is 3.11. The quantitative estimate of drug-likeness (QED) is 0.774. The number of β-amino-alcohol motifs (C(OH)–C–C–N with tert-alkyl or cyclic N) is 1. The lowest BCUT2D eigenvalue weighted by molar-refractivity contribution is -0.0544. The largest absolute Gasteiger partial charge is 0.391 e. The Kier molecular flexibility index (Phi) is 4.56. The molecule has 3 heteroatoms. The van der Waals surface area contributed by atoms with Gasteiger partial charge in [0, 0.05) is 19.6 Å². The van der Waals surface area contributed by atoms with Crippen molar-refractivity contribution in [1.29, 1.82) is 0 Å². The predicted molar refractivity (Wildman–Crippen MR) is 61.9 cm³/mol. The van der Waals surface area contributed by atoms with Crippen LogP contribution in [0.4, 0.5) is 0 Å². The molecule has 1 N–H and O–H groups in total. The summed E-state index contributed by atoms with van der Waals surface area (Å²) in [6.07, 6.45) is 1.15. The fraction of sp³-hybridized carbons (Fsp3) is 1.00. The first kappa shape index (κ1) is 12.9. The Labute approximate surface area is 93.4 Å². The second kappa shape index (κ2) is 5.28. The fourth-order valence-electron chi connectivity index (χ4n) is 1.71. The van der Waals surface area contributed by atoms with Gasteiger partial charge in [0.2, 0.25) is 0 Å². The molecule has 0 aromatic heterocycles. The van der Waals surface area contributed by atoms with Gasteiger partial charge in [0.15, 0.2) is 0 Å². The van der Waals surface area contributed by atoms with Crippen molar-refractivity contribution >= 4 is 0 Å². The van der Waals surface area contributed by atoms with Gasteiger partial charge in [-0.15, -0.1) is 0 Å². The van der Waals surface area contributed by atoms with Crippen molar-refractivity contribution in [3.8, 4) is 0 Å². The molecule has 1 fully saturated rings. The van der Waals surface area contributed by atoms with Crippen molar-refractivity contribution in [1.82, 2.24) is 4.90 Å². The molecule has 1 aliphatic rings. The van der Waals surface area contributed by atoms with Gasteiger partial charge in [-0.3, -0.25) is 4.90 Å². The van der Waals surface area contributed by atoms with Crippen LogP contribution < -0.4 is 0 Å². The minimum Gasteiger partial charge on any atom is -0.391 e. The van der Waals surface area contributed by atoms with Gasteiger partial charge >= 0.3 is 0 Å². The first-order valence-electron chi connectivity index (χ1n) is 5.95. The second-order valence-corrected chi connectivity index (χ2v) is 5.54. The molecule has 1 rings (SSSR count). The maximum Gasteiger partial charge on any atom is 0.0715 e. The number of aliphatic hydroxyl groups is 1. The molecule has 0 aromatic rings. The van der Waals surface area contributed by atoms with Gasteiger partial charge in [-0.05, 0) is 11.8 Å². The predicted octanol–water partition coefficient (Wildman–Crippen LogP) is 1.50. The highest BCUT2D eigenvalue weighted by Gasteiger charge is 2.27. The van der Waals surface area contributed by atoms with Crippen LogP contribution in [0.2, 0.25) is 0 Å². The minimum absolute atomic E-state index is 0.0278. The van der Waals surface area contributed by atoms with Crippen LogP contribution in [-0.2, 0) is 4.74 Å². The topological polar surface area (TPSA) is 32.7 Å². The lowest BCUT2D eigenvalue weighted by Gasteiger charge is -2.36. The molecule has 0 aliphatic carbocycles. The highest BCUT2D eigenvalue weighted by atomic mass is 16.5. The van der Waals surface area contributed by atoms with E-state index in [1.165, 1.54) is 0 Å². The number of ether oxygens (including phenoxy) is 1. The Morgan fingerprint density at radius 1 is 1.47 bits per heavy atom. The number of nitrogens with zero attached hydrogens (tertiary/aromatic N) is 1. The molecule has 2 unspecified atom stereocenters. The van der Waals surface area contributed by atoms with E-state index in [0.29, 0.717) is 6.10 Å². The highest BCUT2D eigenvalue weighted by molar-refractivity contribution is 4.79. The number of hydrogen-bond acceptors (Lipinski definition) is 3. The van der Waals surface area contributed by atoms with E-state index in [-0.39, 0.29) is 11.5 Å². The second-order valence-electron chi connectivity index (χ2n) is 5.54. The van der Waals surface area contributed by atoms with Crippen molar-refractivity contribution in [3.63, 3.8) is 0 Å². The van der Waals surface area contributed by atoms with Gasteiger partial charge in [0.05, 0.1) is 18.8 Å². The molecule has 0 amide bonds. The third kappa shape index (κ3) is 4.09. The number of aliphatic hydroxyl groups excluding tert-OH is 1. The zero-order chi connectivity index (χ0) is 11.5. The molecule has 0 spiro atoms. The van der Waals surface area contributed by atoms with Crippen molar-refractivity contribution in [3.05, 3.63) is 0 Å². The van der Waals surface area contributed by atoms with Crippen molar-refractivity contribution in [2.45, 2.75) is 46.3 Å². The van der Waals surface area contributed by atoms with Gasteiger partial charge in [0.1, 0.15) is 0 Å². The van der Waals surface area contributed by atoms with E-state index in [4.69, 9.17) is 4.74 Å². The normalized spacial score (nSPS) is 26.6. The van der Waals surface area contributed by atoms with Crippen LogP contribution in [0, 0.1) is 5.41 Å². The van der Waals surface area contributed by atoms with Crippen LogP contribution in [0.15, 0.2) is 0 Å². The van der Waals surface area contributed by atoms with E-state index in [0.717, 1.165) is 32.7 Å². The van der Waals surface area contributed by atoms with Gasteiger partial charge in [-0.2, -0.15) is 0 Å². The first-order valence-corrected chi connectivity index (χ1v) is 5.95. The Morgan fingerprint density at radius 3 is 2.67 bits per heavy atom. The monoisotopic (exact) mass is 215 g/mol. The molecule has 0 radical (unpaired) electrons. The molecular weight excluding hydrogens is 190 g/mol. The lowest BCUT2D eigenvalue weighted by Crippen LogP contribution is -2.47. The van der Waals surface area contributed by atoms with Crippen LogP contribution >= 0.6 is 0 Å². The van der Waals surface area contributed by atoms with E-state index in [9.17, 15) is 5.11 Å². The van der Waals surface area contributed by atoms with Crippen molar-refractivity contribution < 1.29 is 9.84 Å². The summed E-state index contributed by atoms with van der Waals surface area (Å²) in [5, 5.41) is 10.0. The van der Waals surface area contributed by atoms with Crippen molar-refractivity contribution in [2.24, 2.45) is 5.41 Å². The molecule has 90 valence electrons. The van der Waals surface area contributed by atoms with Gasteiger partial charge < -0.3 is 9.84 Å². The average molecular weight is 215 g/mol. The van der Waals surface area contributed by atoms with E-state index < -0.39 is 0 Å². The molecule has 0 saturated carbocycles. The molecule has 1 heterocycles. The van der Waals surface area contributed by atoms with E-state index >= 15 is 0 Å². The average Bonchev–Trinajstić information content (AvgIpc) is 2.16. The molecule has 0 bridgehead atoms. The molecular formula is C12H25NO2. The fourth-order valence-corrected chi connectivity index (χ4v) is 1.71. The Morgan fingerprint density at radius 2 is 2.13 bits per heavy atom. The molecule has 1 aliphatic heterocycles. The summed E-state index contributed by atoms with van der Waals surface area (Å²) in [7, 11) is 0. The molecule has 15 heavy (non-hydrogen) atoms. The van der Waals surface area contributed by atoms with Crippen LogP contribution in [0.3, 0.4) is 0 Å². The maximum atomic E-state index is 10.0. The Balaban J connectivity index is 2.38. The highest BCUT2D eigenvalue weighted by Crippen LogP contribution is 2.20. The molecule has 2 atom stereocenters. The lowest BCUT2D eigenvalue weighted by atomic mass is 9.89. The summed E-state index contributed by atoms with van der Waals surface area (Å²) in [5.41, 5.74) is -0.0278. The zero-order valence-corrected chi connectivity index (χ0v) is 10.5. The Bertz CT molecular complexity index is 189. The smallest absolute Gasteiger partial charge is 0.0715 e. The third-order valence-electron chi connectivity index (χ3n) is 3.11. The van der Waals surface area contributed by atoms with E-state index in [1.807, 2.05) is 0 Å². The Hall–Kier alpha value is -0.120. The van der Waals surface area contributed by atoms with Gasteiger partial charge in [0.25, 0.3) is 0 Å². The summed E-state index contributed by atoms with van der Waals surface area (Å²) in [4.78, 5) is 2.31. The maximum absolute atomic E-state index is 10.0. The summed E-state index contributed by atoms with van der Waals surface area (Å²) < 4.78 is 5.60. The molecule has 0 aromatic carbocycles. The van der Waals surface area contributed by atoms with Crippen LogP contribution in [0.5, 0.6) is 0 Å². The summed E-state index contributed by atoms with van der Waals surface area (Å²) in [6.45, 7) is 11.9. The zero-order valence-electron chi connectivity index (χ0n) is 10.5. The summed E-state index contributed by atoms with van der Waals surface area (Å²) >= 11 is 0. The standard InChI is InChI=1S/C12H25NO2/c1-5-10-8-13(6-7-15-10)9-11(14)12(2,3)4/h10-11,14H,5-9H2,1-4H3. The van der Waals surface area contributed by atoms with E-state index in [2.05, 4.69) is 32.6 Å². The molecule has 1 saturated heterocycles. The SMILES string of the molecule is CCC1CN(CC(O)C(C)(C)C)CCO1. The minimum atomic E-state index is -0.256. The van der Waals surface area contributed by atoms with E-state index in [1.54, 1.807) is 0 Å².